The number of carboxylic acid groups (broad SMARTS) is 1. The van der Waals surface area contributed by atoms with Gasteiger partial charge in [-0.2, -0.15) is 0 Å². The van der Waals surface area contributed by atoms with Crippen molar-refractivity contribution in [3.63, 3.8) is 0 Å². The van der Waals surface area contributed by atoms with E-state index in [0.717, 1.165) is 33.5 Å². The fraction of sp³-hybridized carbons (Fsp3) is 0.185. The maximum atomic E-state index is 10.8. The molecule has 0 aliphatic carbocycles. The molecule has 0 fully saturated rings. The van der Waals surface area contributed by atoms with Crippen molar-refractivity contribution in [3.05, 3.63) is 95.5 Å². The Hall–Kier alpha value is -3.61. The first kappa shape index (κ1) is 26.0. The molecule has 0 unspecified atom stereocenters. The van der Waals surface area contributed by atoms with Gasteiger partial charge in [-0.05, 0) is 50.5 Å². The number of rotatable bonds is 3. The molecule has 0 saturated heterocycles. The van der Waals surface area contributed by atoms with Crippen LogP contribution in [0.2, 0.25) is 0 Å². The molecule has 4 aromatic heterocycles. The second-order valence-electron chi connectivity index (χ2n) is 8.17. The van der Waals surface area contributed by atoms with Crippen LogP contribution in [0.15, 0.2) is 61.3 Å². The largest absolute Gasteiger partial charge is 0.477 e. The van der Waals surface area contributed by atoms with Gasteiger partial charge in [-0.15, -0.1) is 12.1 Å². The maximum Gasteiger partial charge on any atom is 0.354 e. The Balaban J connectivity index is 0.000000195. The van der Waals surface area contributed by atoms with E-state index in [2.05, 4.69) is 57.6 Å². The third-order valence-electron chi connectivity index (χ3n) is 6.08. The summed E-state index contributed by atoms with van der Waals surface area (Å²) in [6.07, 6.45) is 8.91. The standard InChI is InChI=1S/C16H14N3.C11H12N2O2.Ir/c1-12-5-3-6-13(2)15(12)19-10-9-18-16(19)14-7-4-8-17-11-14;1-6-7(2)13(3)10-4-9(11(14)15)12-5-8(6)10;/h3-6,8-11H,1-2H3;4-5H,1-3H3,(H,14,15);/q-1;;. The second kappa shape index (κ2) is 10.8. The zero-order chi connectivity index (χ0) is 24.4. The van der Waals surface area contributed by atoms with Gasteiger partial charge in [0.2, 0.25) is 0 Å². The zero-order valence-electron chi connectivity index (χ0n) is 20.2. The summed E-state index contributed by atoms with van der Waals surface area (Å²) >= 11 is 0. The number of fused-ring (bicyclic) bond motifs is 1. The molecule has 181 valence electrons. The number of hydrogen-bond acceptors (Lipinski definition) is 4. The number of pyridine rings is 2. The van der Waals surface area contributed by atoms with E-state index in [-0.39, 0.29) is 25.8 Å². The molecule has 0 bridgehead atoms. The van der Waals surface area contributed by atoms with Gasteiger partial charge >= 0.3 is 5.97 Å². The monoisotopic (exact) mass is 645 g/mol. The van der Waals surface area contributed by atoms with Gasteiger partial charge in [-0.3, -0.25) is 4.98 Å². The van der Waals surface area contributed by atoms with E-state index in [4.69, 9.17) is 5.11 Å². The topological polar surface area (TPSA) is 85.8 Å². The third kappa shape index (κ3) is 5.09. The molecular formula is C27H26IrN5O2-. The average Bonchev–Trinajstić information content (AvgIpc) is 3.39. The van der Waals surface area contributed by atoms with Crippen LogP contribution >= 0.6 is 0 Å². The summed E-state index contributed by atoms with van der Waals surface area (Å²) < 4.78 is 4.08. The van der Waals surface area contributed by atoms with Crippen molar-refractivity contribution in [3.8, 4) is 17.1 Å². The number of imidazole rings is 1. The molecule has 0 atom stereocenters. The molecule has 1 aromatic carbocycles. The van der Waals surface area contributed by atoms with Gasteiger partial charge in [0.25, 0.3) is 0 Å². The van der Waals surface area contributed by atoms with Gasteiger partial charge in [-0.25, -0.2) is 9.78 Å². The van der Waals surface area contributed by atoms with Crippen molar-refractivity contribution in [2.45, 2.75) is 27.7 Å². The van der Waals surface area contributed by atoms with E-state index < -0.39 is 5.97 Å². The predicted molar refractivity (Wildman–Crippen MR) is 132 cm³/mol. The van der Waals surface area contributed by atoms with Crippen molar-refractivity contribution < 1.29 is 30.0 Å². The molecule has 1 N–H and O–H groups in total. The van der Waals surface area contributed by atoms with Gasteiger partial charge in [0, 0.05) is 62.5 Å². The van der Waals surface area contributed by atoms with Crippen LogP contribution in [0, 0.1) is 33.8 Å². The minimum absolute atomic E-state index is 0. The van der Waals surface area contributed by atoms with Crippen LogP contribution in [0.5, 0.6) is 0 Å². The van der Waals surface area contributed by atoms with E-state index in [1.165, 1.54) is 16.8 Å². The fourth-order valence-corrected chi connectivity index (χ4v) is 4.07. The van der Waals surface area contributed by atoms with Crippen LogP contribution in [0.25, 0.3) is 28.0 Å². The number of aryl methyl sites for hydroxylation is 4. The Morgan fingerprint density at radius 1 is 1.03 bits per heavy atom. The van der Waals surface area contributed by atoms with Crippen molar-refractivity contribution in [1.82, 2.24) is 24.1 Å². The second-order valence-corrected chi connectivity index (χ2v) is 8.17. The van der Waals surface area contributed by atoms with Crippen LogP contribution in [0.4, 0.5) is 0 Å². The number of aromatic nitrogens is 5. The van der Waals surface area contributed by atoms with Gasteiger partial charge in [0.05, 0.1) is 11.3 Å². The molecule has 0 spiro atoms. The number of hydrogen-bond donors (Lipinski definition) is 1. The normalized spacial score (nSPS) is 10.4. The smallest absolute Gasteiger partial charge is 0.354 e. The molecule has 5 rings (SSSR count). The van der Waals surface area contributed by atoms with E-state index >= 15 is 0 Å². The van der Waals surface area contributed by atoms with E-state index in [1.807, 2.05) is 37.9 Å². The summed E-state index contributed by atoms with van der Waals surface area (Å²) in [6, 6.07) is 12.9. The first-order chi connectivity index (χ1) is 16.3. The van der Waals surface area contributed by atoms with E-state index in [9.17, 15) is 4.79 Å². The first-order valence-electron chi connectivity index (χ1n) is 10.9. The van der Waals surface area contributed by atoms with Crippen LogP contribution in [-0.2, 0) is 27.2 Å². The summed E-state index contributed by atoms with van der Waals surface area (Å²) in [5, 5.41) is 9.85. The molecule has 7 nitrogen and oxygen atoms in total. The minimum atomic E-state index is -0.992. The van der Waals surface area contributed by atoms with Crippen LogP contribution in [0.3, 0.4) is 0 Å². The minimum Gasteiger partial charge on any atom is -0.477 e. The Morgan fingerprint density at radius 2 is 1.74 bits per heavy atom. The molecule has 8 heteroatoms. The van der Waals surface area contributed by atoms with E-state index in [1.54, 1.807) is 30.7 Å². The van der Waals surface area contributed by atoms with Gasteiger partial charge in [-0.1, -0.05) is 36.2 Å². The molecule has 35 heavy (non-hydrogen) atoms. The Morgan fingerprint density at radius 3 is 2.37 bits per heavy atom. The van der Waals surface area contributed by atoms with Gasteiger partial charge < -0.3 is 19.2 Å². The van der Waals surface area contributed by atoms with Crippen molar-refractivity contribution in [1.29, 1.82) is 0 Å². The summed E-state index contributed by atoms with van der Waals surface area (Å²) in [4.78, 5) is 23.3. The molecule has 5 aromatic rings. The fourth-order valence-electron chi connectivity index (χ4n) is 4.07. The SMILES string of the molecule is Cc1c(C)n(C)c2cc(C(=O)O)ncc12.Cc1cccc(C)c1-n1ccnc1-c1[c-]ccnc1.[Ir]. The quantitative estimate of drug-likeness (QED) is 0.272. The molecule has 4 heterocycles. The Labute approximate surface area is 217 Å². The first-order valence-corrected chi connectivity index (χ1v) is 10.9. The maximum absolute atomic E-state index is 10.8. The molecular weight excluding hydrogens is 619 g/mol. The Bertz CT molecular complexity index is 1470. The molecule has 0 aliphatic rings. The molecule has 0 saturated carbocycles. The summed E-state index contributed by atoms with van der Waals surface area (Å²) in [5.41, 5.74) is 7.81. The van der Waals surface area contributed by atoms with Crippen molar-refractivity contribution in [2.75, 3.05) is 0 Å². The summed E-state index contributed by atoms with van der Waals surface area (Å²) in [7, 11) is 1.93. The zero-order valence-corrected chi connectivity index (χ0v) is 22.6. The molecule has 0 amide bonds. The summed E-state index contributed by atoms with van der Waals surface area (Å²) in [6.45, 7) is 8.24. The Kier molecular flexibility index (Phi) is 7.99. The summed E-state index contributed by atoms with van der Waals surface area (Å²) in [5.74, 6) is -0.126. The van der Waals surface area contributed by atoms with Gasteiger partial charge in [0.15, 0.2) is 0 Å². The van der Waals surface area contributed by atoms with Gasteiger partial charge in [0.1, 0.15) is 5.69 Å². The van der Waals surface area contributed by atoms with E-state index in [0.29, 0.717) is 0 Å². The number of aromatic carboxylic acids is 1. The predicted octanol–water partition coefficient (Wildman–Crippen LogP) is 5.24. The van der Waals surface area contributed by atoms with Crippen LogP contribution in [-0.4, -0.2) is 35.2 Å². The number of nitrogens with zero attached hydrogens (tertiary/aromatic N) is 5. The number of carboxylic acids is 1. The number of benzene rings is 1. The number of para-hydroxylation sites is 1. The number of carbonyl (C=O) groups is 1. The third-order valence-corrected chi connectivity index (χ3v) is 6.08. The van der Waals surface area contributed by atoms with Crippen LogP contribution in [0.1, 0.15) is 32.9 Å². The van der Waals surface area contributed by atoms with Crippen molar-refractivity contribution >= 4 is 16.9 Å². The average molecular weight is 645 g/mol. The van der Waals surface area contributed by atoms with Crippen molar-refractivity contribution in [2.24, 2.45) is 7.05 Å². The van der Waals surface area contributed by atoms with Crippen LogP contribution < -0.4 is 0 Å². The molecule has 1 radical (unpaired) electrons. The molecule has 0 aliphatic heterocycles.